The third-order valence-corrected chi connectivity index (χ3v) is 2.94. The summed E-state index contributed by atoms with van der Waals surface area (Å²) in [5, 5.41) is 0. The molecule has 112 valence electrons. The first kappa shape index (κ1) is 15.5. The zero-order chi connectivity index (χ0) is 15.8. The van der Waals surface area contributed by atoms with Gasteiger partial charge in [-0.05, 0) is 29.3 Å². The first-order chi connectivity index (χ1) is 10.7. The van der Waals surface area contributed by atoms with Gasteiger partial charge >= 0.3 is 11.9 Å². The molecule has 0 atom stereocenters. The summed E-state index contributed by atoms with van der Waals surface area (Å²) in [6.45, 7) is 0.228. The predicted octanol–water partition coefficient (Wildman–Crippen LogP) is 3.23. The Morgan fingerprint density at radius 1 is 1.05 bits per heavy atom. The van der Waals surface area contributed by atoms with Crippen molar-refractivity contribution in [3.63, 3.8) is 0 Å². The highest BCUT2D eigenvalue weighted by Gasteiger charge is 2.04. The monoisotopic (exact) mass is 296 g/mol. The van der Waals surface area contributed by atoms with Crippen LogP contribution in [0.15, 0.2) is 60.7 Å². The molecule has 2 rings (SSSR count). The summed E-state index contributed by atoms with van der Waals surface area (Å²) in [5.74, 6) is -0.853. The predicted molar refractivity (Wildman–Crippen MR) is 83.1 cm³/mol. The number of carbonyl (C=O) groups excluding carboxylic acids is 2. The summed E-state index contributed by atoms with van der Waals surface area (Å²) in [6.07, 6.45) is 2.93. The maximum absolute atomic E-state index is 11.7. The van der Waals surface area contributed by atoms with Crippen molar-refractivity contribution in [1.29, 1.82) is 0 Å². The summed E-state index contributed by atoms with van der Waals surface area (Å²) >= 11 is 0. The van der Waals surface area contributed by atoms with Crippen LogP contribution in [-0.4, -0.2) is 19.0 Å². The van der Waals surface area contributed by atoms with Gasteiger partial charge in [0, 0.05) is 6.08 Å². The summed E-state index contributed by atoms with van der Waals surface area (Å²) < 4.78 is 9.78. The van der Waals surface area contributed by atoms with Crippen molar-refractivity contribution < 1.29 is 19.1 Å². The third kappa shape index (κ3) is 4.59. The zero-order valence-corrected chi connectivity index (χ0v) is 12.2. The second-order valence-corrected chi connectivity index (χ2v) is 4.54. The van der Waals surface area contributed by atoms with Crippen LogP contribution in [0.1, 0.15) is 21.5 Å². The van der Waals surface area contributed by atoms with Gasteiger partial charge < -0.3 is 9.47 Å². The van der Waals surface area contributed by atoms with Crippen molar-refractivity contribution in [3.05, 3.63) is 77.4 Å². The molecule has 0 amide bonds. The molecule has 0 heterocycles. The van der Waals surface area contributed by atoms with Gasteiger partial charge in [0.05, 0.1) is 12.7 Å². The largest absolute Gasteiger partial charge is 0.465 e. The molecule has 0 aliphatic carbocycles. The highest BCUT2D eigenvalue weighted by Crippen LogP contribution is 2.09. The van der Waals surface area contributed by atoms with Gasteiger partial charge in [-0.25, -0.2) is 9.59 Å². The molecule has 0 radical (unpaired) electrons. The number of carbonyl (C=O) groups is 2. The Kier molecular flexibility index (Phi) is 5.49. The lowest BCUT2D eigenvalue weighted by molar-refractivity contribution is -0.138. The van der Waals surface area contributed by atoms with E-state index in [4.69, 9.17) is 4.74 Å². The van der Waals surface area contributed by atoms with E-state index < -0.39 is 11.9 Å². The summed E-state index contributed by atoms with van der Waals surface area (Å²) in [4.78, 5) is 23.1. The second-order valence-electron chi connectivity index (χ2n) is 4.54. The molecule has 22 heavy (non-hydrogen) atoms. The molecule has 0 unspecified atom stereocenters. The molecule has 4 nitrogen and oxygen atoms in total. The van der Waals surface area contributed by atoms with E-state index in [0.717, 1.165) is 11.1 Å². The molecule has 0 aliphatic heterocycles. The van der Waals surface area contributed by atoms with Crippen LogP contribution < -0.4 is 0 Å². The van der Waals surface area contributed by atoms with Crippen molar-refractivity contribution >= 4 is 18.0 Å². The molecule has 0 aliphatic rings. The van der Waals surface area contributed by atoms with Crippen LogP contribution in [0, 0.1) is 0 Å². The van der Waals surface area contributed by atoms with Crippen LogP contribution in [0.3, 0.4) is 0 Å². The maximum atomic E-state index is 11.7. The zero-order valence-electron chi connectivity index (χ0n) is 12.2. The van der Waals surface area contributed by atoms with E-state index in [9.17, 15) is 9.59 Å². The number of methoxy groups -OCH3 is 1. The second kappa shape index (κ2) is 7.78. The Morgan fingerprint density at radius 2 is 1.82 bits per heavy atom. The number of esters is 2. The molecule has 0 saturated heterocycles. The number of benzene rings is 2. The fourth-order valence-electron chi connectivity index (χ4n) is 1.83. The van der Waals surface area contributed by atoms with E-state index in [1.54, 1.807) is 30.3 Å². The average Bonchev–Trinajstić information content (AvgIpc) is 2.58. The lowest BCUT2D eigenvalue weighted by Crippen LogP contribution is -2.01. The van der Waals surface area contributed by atoms with Crippen molar-refractivity contribution in [2.75, 3.05) is 7.11 Å². The molecule has 0 bridgehead atoms. The minimum atomic E-state index is -0.438. The van der Waals surface area contributed by atoms with Crippen molar-refractivity contribution in [3.8, 4) is 0 Å². The van der Waals surface area contributed by atoms with E-state index >= 15 is 0 Å². The van der Waals surface area contributed by atoms with Crippen molar-refractivity contribution in [1.82, 2.24) is 0 Å². The van der Waals surface area contributed by atoms with Crippen LogP contribution >= 0.6 is 0 Å². The fourth-order valence-corrected chi connectivity index (χ4v) is 1.83. The van der Waals surface area contributed by atoms with Gasteiger partial charge in [-0.2, -0.15) is 0 Å². The lowest BCUT2D eigenvalue weighted by atomic mass is 10.1. The number of ether oxygens (including phenoxy) is 2. The standard InChI is InChI=1S/C18H16O4/c1-21-18(20)16-9-5-8-14(12-16)10-11-17(19)22-13-15-6-3-2-4-7-15/h2-12H,13H2,1H3/b11-10+. The Bertz CT molecular complexity index is 674. The van der Waals surface area contributed by atoms with Crippen LogP contribution in [0.5, 0.6) is 0 Å². The first-order valence-corrected chi connectivity index (χ1v) is 6.76. The summed E-state index contributed by atoms with van der Waals surface area (Å²) in [6, 6.07) is 16.3. The fraction of sp³-hybridized carbons (Fsp3) is 0.111. The number of hydrogen-bond acceptors (Lipinski definition) is 4. The van der Waals surface area contributed by atoms with E-state index in [-0.39, 0.29) is 6.61 Å². The Morgan fingerprint density at radius 3 is 2.55 bits per heavy atom. The topological polar surface area (TPSA) is 52.6 Å². The molecule has 0 aromatic heterocycles. The van der Waals surface area contributed by atoms with Crippen LogP contribution in [0.25, 0.3) is 6.08 Å². The molecule has 2 aromatic rings. The Labute approximate surface area is 129 Å². The van der Waals surface area contributed by atoms with E-state index in [0.29, 0.717) is 5.56 Å². The SMILES string of the molecule is COC(=O)c1cccc(/C=C/C(=O)OCc2ccccc2)c1. The quantitative estimate of drug-likeness (QED) is 0.628. The average molecular weight is 296 g/mol. The molecule has 4 heteroatoms. The molecule has 0 N–H and O–H groups in total. The van der Waals surface area contributed by atoms with E-state index in [2.05, 4.69) is 4.74 Å². The minimum absolute atomic E-state index is 0.228. The number of hydrogen-bond donors (Lipinski definition) is 0. The van der Waals surface area contributed by atoms with Crippen molar-refractivity contribution in [2.45, 2.75) is 6.61 Å². The maximum Gasteiger partial charge on any atom is 0.337 e. The first-order valence-electron chi connectivity index (χ1n) is 6.76. The van der Waals surface area contributed by atoms with Gasteiger partial charge in [-0.15, -0.1) is 0 Å². The van der Waals surface area contributed by atoms with Gasteiger partial charge in [-0.1, -0.05) is 42.5 Å². The molecule has 2 aromatic carbocycles. The van der Waals surface area contributed by atoms with Gasteiger partial charge in [0.1, 0.15) is 6.61 Å². The smallest absolute Gasteiger partial charge is 0.337 e. The van der Waals surface area contributed by atoms with Crippen LogP contribution in [-0.2, 0) is 20.9 Å². The molecule has 0 saturated carbocycles. The molecular formula is C18H16O4. The normalized spacial score (nSPS) is 10.4. The molecule has 0 spiro atoms. The highest BCUT2D eigenvalue weighted by atomic mass is 16.5. The summed E-state index contributed by atoms with van der Waals surface area (Å²) in [5.41, 5.74) is 2.08. The number of rotatable bonds is 5. The van der Waals surface area contributed by atoms with E-state index in [1.807, 2.05) is 30.3 Å². The Balaban J connectivity index is 1.93. The van der Waals surface area contributed by atoms with Crippen LogP contribution in [0.2, 0.25) is 0 Å². The van der Waals surface area contributed by atoms with Crippen molar-refractivity contribution in [2.24, 2.45) is 0 Å². The molecular weight excluding hydrogens is 280 g/mol. The summed E-state index contributed by atoms with van der Waals surface area (Å²) in [7, 11) is 1.33. The van der Waals surface area contributed by atoms with Gasteiger partial charge in [-0.3, -0.25) is 0 Å². The van der Waals surface area contributed by atoms with Gasteiger partial charge in [0.25, 0.3) is 0 Å². The van der Waals surface area contributed by atoms with Gasteiger partial charge in [0.2, 0.25) is 0 Å². The van der Waals surface area contributed by atoms with Crippen LogP contribution in [0.4, 0.5) is 0 Å². The minimum Gasteiger partial charge on any atom is -0.465 e. The Hall–Kier alpha value is -2.88. The highest BCUT2D eigenvalue weighted by molar-refractivity contribution is 5.91. The van der Waals surface area contributed by atoms with Gasteiger partial charge in [0.15, 0.2) is 0 Å². The molecule has 0 fully saturated rings. The lowest BCUT2D eigenvalue weighted by Gasteiger charge is -2.02. The van der Waals surface area contributed by atoms with E-state index in [1.165, 1.54) is 13.2 Å². The third-order valence-electron chi connectivity index (χ3n) is 2.94.